The van der Waals surface area contributed by atoms with E-state index in [1.165, 1.54) is 6.07 Å². The first-order valence-electron chi connectivity index (χ1n) is 2.43. The summed E-state index contributed by atoms with van der Waals surface area (Å²) in [5.74, 6) is -0.287. The third kappa shape index (κ3) is 4.13. The molecule has 0 amide bonds. The third-order valence-corrected chi connectivity index (χ3v) is 0.922. The zero-order valence-electron chi connectivity index (χ0n) is 5.70. The van der Waals surface area contributed by atoms with Crippen molar-refractivity contribution < 1.29 is 40.8 Å². The summed E-state index contributed by atoms with van der Waals surface area (Å²) in [7, 11) is 0. The zero-order chi connectivity index (χ0) is 5.98. The Morgan fingerprint density at radius 3 is 2.40 bits per heavy atom. The summed E-state index contributed by atoms with van der Waals surface area (Å²) in [4.78, 5) is 0. The van der Waals surface area contributed by atoms with E-state index in [1.54, 1.807) is 6.07 Å². The molecule has 0 heterocycles. The van der Waals surface area contributed by atoms with Crippen molar-refractivity contribution in [2.45, 2.75) is 6.92 Å². The fourth-order valence-electron chi connectivity index (χ4n) is 0.542. The molecule has 1 aromatic carbocycles. The minimum absolute atomic E-state index is 0. The molecule has 0 atom stereocenters. The fraction of sp³-hybridized carbons (Fsp3) is 0.143. The molecule has 0 aliphatic carbocycles. The van der Waals surface area contributed by atoms with Crippen LogP contribution in [0.25, 0.3) is 0 Å². The molecule has 0 aromatic heterocycles. The molecule has 0 spiro atoms. The van der Waals surface area contributed by atoms with Gasteiger partial charge in [-0.15, -0.1) is 0 Å². The van der Waals surface area contributed by atoms with Gasteiger partial charge in [-0.3, -0.25) is 0 Å². The van der Waals surface area contributed by atoms with Crippen molar-refractivity contribution in [1.29, 1.82) is 0 Å². The smallest absolute Gasteiger partial charge is 0.131 e. The summed E-state index contributed by atoms with van der Waals surface area (Å²) in [5, 5.41) is 0. The maximum atomic E-state index is 12.1. The van der Waals surface area contributed by atoms with Crippen LogP contribution < -0.4 is 17.0 Å². The molecule has 0 aliphatic rings. The van der Waals surface area contributed by atoms with Crippen molar-refractivity contribution in [3.05, 3.63) is 35.6 Å². The number of rotatable bonds is 0. The van der Waals surface area contributed by atoms with Gasteiger partial charge in [0, 0.05) is 25.5 Å². The summed E-state index contributed by atoms with van der Waals surface area (Å²) >= 11 is 0. The minimum atomic E-state index is -0.287. The van der Waals surface area contributed by atoms with Crippen molar-refractivity contribution in [2.24, 2.45) is 0 Å². The van der Waals surface area contributed by atoms with Crippen LogP contribution in [-0.2, 0) is 19.5 Å². The van der Waals surface area contributed by atoms with Crippen LogP contribution in [-0.4, -0.2) is 0 Å². The molecule has 51 valence electrons. The quantitative estimate of drug-likeness (QED) is 0.518. The summed E-state index contributed by atoms with van der Waals surface area (Å²) in [6, 6.07) is 7.23. The summed E-state index contributed by atoms with van der Waals surface area (Å²) in [6.45, 7) is 1.84. The van der Waals surface area contributed by atoms with Gasteiger partial charge in [0.05, 0.1) is 0 Å². The fourth-order valence-corrected chi connectivity index (χ4v) is 0.542. The summed E-state index contributed by atoms with van der Waals surface area (Å²) in [6.07, 6.45) is 0. The van der Waals surface area contributed by atoms with Gasteiger partial charge in [0.25, 0.3) is 0 Å². The van der Waals surface area contributed by atoms with Crippen LogP contribution in [0.3, 0.4) is 0 Å². The first-order chi connectivity index (χ1) is 3.79. The third-order valence-electron chi connectivity index (χ3n) is 0.922. The Hall–Kier alpha value is 0.253. The molecule has 0 fully saturated rings. The van der Waals surface area contributed by atoms with Crippen molar-refractivity contribution in [3.8, 4) is 0 Å². The van der Waals surface area contributed by atoms with E-state index in [4.69, 9.17) is 0 Å². The van der Waals surface area contributed by atoms with E-state index in [0.29, 0.717) is 0 Å². The summed E-state index contributed by atoms with van der Waals surface area (Å²) < 4.78 is 12.1. The number of hydrogen-bond acceptors (Lipinski definition) is 0. The molecule has 1 rings (SSSR count). The minimum Gasteiger partial charge on any atom is -1.00 e. The molecular formula is C7H6BrFZn-. The first kappa shape index (κ1) is 12.9. The zero-order valence-corrected chi connectivity index (χ0v) is 10.2. The average molecular weight is 254 g/mol. The van der Waals surface area contributed by atoms with Crippen molar-refractivity contribution in [2.75, 3.05) is 0 Å². The molecule has 1 aromatic rings. The van der Waals surface area contributed by atoms with Crippen LogP contribution in [0.2, 0.25) is 0 Å². The molecule has 3 heteroatoms. The standard InChI is InChI=1S/C7H6F.BrH.Zn/c1-6-3-2-4-7(8)5-6;;/h2-3,5H,1H3;1H;/p-1. The number of benzene rings is 1. The molecule has 0 unspecified atom stereocenters. The van der Waals surface area contributed by atoms with Gasteiger partial charge < -0.3 is 17.0 Å². The molecular weight excluding hydrogens is 248 g/mol. The molecule has 0 N–H and O–H groups in total. The van der Waals surface area contributed by atoms with Gasteiger partial charge in [0.2, 0.25) is 0 Å². The van der Waals surface area contributed by atoms with Gasteiger partial charge in [0.15, 0.2) is 0 Å². The van der Waals surface area contributed by atoms with Gasteiger partial charge >= 0.3 is 0 Å². The van der Waals surface area contributed by atoms with Crippen LogP contribution in [0.5, 0.6) is 0 Å². The van der Waals surface area contributed by atoms with E-state index >= 15 is 0 Å². The van der Waals surface area contributed by atoms with E-state index in [1.807, 2.05) is 13.0 Å². The van der Waals surface area contributed by atoms with Gasteiger partial charge in [-0.25, -0.2) is 4.39 Å². The molecule has 10 heavy (non-hydrogen) atoms. The molecule has 0 bridgehead atoms. The first-order valence-corrected chi connectivity index (χ1v) is 2.43. The normalized spacial score (nSPS) is 7.40. The topological polar surface area (TPSA) is 0 Å². The van der Waals surface area contributed by atoms with E-state index in [2.05, 4.69) is 6.07 Å². The maximum Gasteiger partial charge on any atom is 0.131 e. The predicted octanol–water partition coefficient (Wildman–Crippen LogP) is -1.06. The van der Waals surface area contributed by atoms with Crippen LogP contribution in [0, 0.1) is 18.8 Å². The van der Waals surface area contributed by atoms with Crippen LogP contribution in [0.4, 0.5) is 4.39 Å². The van der Waals surface area contributed by atoms with Gasteiger partial charge in [-0.2, -0.15) is 0 Å². The second-order valence-corrected chi connectivity index (χ2v) is 1.71. The van der Waals surface area contributed by atoms with Crippen LogP contribution >= 0.6 is 0 Å². The Morgan fingerprint density at radius 2 is 2.10 bits per heavy atom. The van der Waals surface area contributed by atoms with Gasteiger partial charge in [0.1, 0.15) is 5.82 Å². The summed E-state index contributed by atoms with van der Waals surface area (Å²) in [5.41, 5.74) is 0.932. The predicted molar refractivity (Wildman–Crippen MR) is 30.0 cm³/mol. The maximum absolute atomic E-state index is 12.1. The van der Waals surface area contributed by atoms with Crippen LogP contribution in [0.15, 0.2) is 18.2 Å². The molecule has 0 saturated heterocycles. The van der Waals surface area contributed by atoms with Gasteiger partial charge in [-0.1, -0.05) is 12.1 Å². The van der Waals surface area contributed by atoms with Crippen molar-refractivity contribution in [3.63, 3.8) is 0 Å². The second-order valence-electron chi connectivity index (χ2n) is 1.71. The monoisotopic (exact) mass is 252 g/mol. The van der Waals surface area contributed by atoms with Crippen LogP contribution in [0.1, 0.15) is 5.56 Å². The Balaban J connectivity index is 0. The Kier molecular flexibility index (Phi) is 7.73. The van der Waals surface area contributed by atoms with E-state index in [9.17, 15) is 4.39 Å². The number of hydrogen-bond donors (Lipinski definition) is 0. The SMILES string of the molecule is Cc1cc[c]c(F)c1.[Br-].[Zn]. The van der Waals surface area contributed by atoms with Crippen molar-refractivity contribution >= 4 is 0 Å². The average Bonchev–Trinajstić information content (AvgIpc) is 1.64. The Labute approximate surface area is 83.4 Å². The Morgan fingerprint density at radius 1 is 1.50 bits per heavy atom. The van der Waals surface area contributed by atoms with E-state index in [-0.39, 0.29) is 42.3 Å². The van der Waals surface area contributed by atoms with E-state index < -0.39 is 0 Å². The molecule has 0 saturated carbocycles. The van der Waals surface area contributed by atoms with Crippen molar-refractivity contribution in [1.82, 2.24) is 0 Å². The second kappa shape index (κ2) is 6.00. The Bertz CT molecular complexity index is 173. The molecule has 1 radical (unpaired) electrons. The molecule has 0 nitrogen and oxygen atoms in total. The largest absolute Gasteiger partial charge is 1.00 e. The number of halogens is 2. The number of aryl methyl sites for hydroxylation is 1. The van der Waals surface area contributed by atoms with Gasteiger partial charge in [-0.05, 0) is 18.6 Å². The molecule has 0 aliphatic heterocycles. The van der Waals surface area contributed by atoms with E-state index in [0.717, 1.165) is 5.56 Å².